The minimum absolute atomic E-state index is 0.274. The Labute approximate surface area is 165 Å². The van der Waals surface area contributed by atoms with Gasteiger partial charge in [0.1, 0.15) is 11.5 Å². The molecule has 2 aromatic carbocycles. The molecule has 1 aromatic heterocycles. The Bertz CT molecular complexity index is 986. The first-order valence-electron chi connectivity index (χ1n) is 7.88. The van der Waals surface area contributed by atoms with Crippen LogP contribution in [-0.4, -0.2) is 17.7 Å². The first-order chi connectivity index (χ1) is 13.5. The second-order valence-corrected chi connectivity index (χ2v) is 6.13. The zero-order valence-corrected chi connectivity index (χ0v) is 14.9. The zero-order valence-electron chi connectivity index (χ0n) is 14.2. The summed E-state index contributed by atoms with van der Waals surface area (Å²) < 4.78 is 81.5. The van der Waals surface area contributed by atoms with E-state index in [-0.39, 0.29) is 5.02 Å². The van der Waals surface area contributed by atoms with Gasteiger partial charge in [-0.15, -0.1) is 26.3 Å². The van der Waals surface area contributed by atoms with Crippen molar-refractivity contribution >= 4 is 11.6 Å². The molecule has 0 unspecified atom stereocenters. The lowest BCUT2D eigenvalue weighted by molar-refractivity contribution is -0.275. The predicted octanol–water partition coefficient (Wildman–Crippen LogP) is 6.87. The highest BCUT2D eigenvalue weighted by molar-refractivity contribution is 6.30. The van der Waals surface area contributed by atoms with Crippen LogP contribution >= 0.6 is 11.6 Å². The fraction of sp³-hybridized carbons (Fsp3) is 0.105. The number of hydrogen-bond acceptors (Lipinski definition) is 3. The molecule has 0 aliphatic rings. The van der Waals surface area contributed by atoms with Crippen molar-refractivity contribution in [3.63, 3.8) is 0 Å². The van der Waals surface area contributed by atoms with Crippen molar-refractivity contribution in [2.75, 3.05) is 0 Å². The van der Waals surface area contributed by atoms with Crippen LogP contribution in [0, 0.1) is 0 Å². The van der Waals surface area contributed by atoms with Crippen LogP contribution in [0.4, 0.5) is 26.3 Å². The van der Waals surface area contributed by atoms with E-state index in [1.165, 1.54) is 30.5 Å². The largest absolute Gasteiger partial charge is 0.573 e. The summed E-state index contributed by atoms with van der Waals surface area (Å²) in [6.45, 7) is 0. The fourth-order valence-corrected chi connectivity index (χ4v) is 2.70. The van der Waals surface area contributed by atoms with Crippen molar-refractivity contribution in [2.45, 2.75) is 12.7 Å². The maximum Gasteiger partial charge on any atom is 0.573 e. The van der Waals surface area contributed by atoms with Crippen molar-refractivity contribution in [3.05, 3.63) is 65.8 Å². The monoisotopic (exact) mass is 433 g/mol. The summed E-state index contributed by atoms with van der Waals surface area (Å²) in [5.41, 5.74) is 1.79. The highest BCUT2D eigenvalue weighted by atomic mass is 35.5. The average Bonchev–Trinajstić information content (AvgIpc) is 2.60. The summed E-state index contributed by atoms with van der Waals surface area (Å²) in [6, 6.07) is 11.6. The summed E-state index contributed by atoms with van der Waals surface area (Å²) in [7, 11) is 0. The molecule has 0 aliphatic heterocycles. The van der Waals surface area contributed by atoms with Crippen LogP contribution in [0.25, 0.3) is 22.4 Å². The SMILES string of the molecule is FC(F)(F)Oc1ccc(-c2cc(Cl)cnc2-c2ccc(OC(F)(F)F)cc2)cc1. The van der Waals surface area contributed by atoms with Gasteiger partial charge in [-0.05, 0) is 48.0 Å². The molecule has 29 heavy (non-hydrogen) atoms. The van der Waals surface area contributed by atoms with E-state index >= 15 is 0 Å². The Morgan fingerprint density at radius 3 is 1.59 bits per heavy atom. The van der Waals surface area contributed by atoms with Gasteiger partial charge in [-0.1, -0.05) is 23.7 Å². The van der Waals surface area contributed by atoms with E-state index in [2.05, 4.69) is 14.5 Å². The van der Waals surface area contributed by atoms with E-state index in [0.717, 1.165) is 24.3 Å². The topological polar surface area (TPSA) is 31.4 Å². The molecule has 0 N–H and O–H groups in total. The third kappa shape index (κ3) is 5.77. The van der Waals surface area contributed by atoms with Gasteiger partial charge >= 0.3 is 12.7 Å². The molecule has 1 heterocycles. The van der Waals surface area contributed by atoms with Gasteiger partial charge in [0.05, 0.1) is 10.7 Å². The van der Waals surface area contributed by atoms with Gasteiger partial charge < -0.3 is 9.47 Å². The first kappa shape index (κ1) is 20.8. The fourth-order valence-electron chi connectivity index (χ4n) is 2.54. The third-order valence-electron chi connectivity index (χ3n) is 3.61. The first-order valence-corrected chi connectivity index (χ1v) is 8.26. The van der Waals surface area contributed by atoms with Crippen LogP contribution in [-0.2, 0) is 0 Å². The summed E-state index contributed by atoms with van der Waals surface area (Å²) in [4.78, 5) is 4.20. The second kappa shape index (κ2) is 7.82. The Kier molecular flexibility index (Phi) is 5.61. The van der Waals surface area contributed by atoms with Crippen LogP contribution in [0.2, 0.25) is 5.02 Å². The minimum atomic E-state index is -4.81. The number of aromatic nitrogens is 1. The molecule has 3 aromatic rings. The molecule has 3 nitrogen and oxygen atoms in total. The van der Waals surface area contributed by atoms with Gasteiger partial charge in [0, 0.05) is 17.3 Å². The highest BCUT2D eigenvalue weighted by Gasteiger charge is 2.31. The van der Waals surface area contributed by atoms with Crippen molar-refractivity contribution < 1.29 is 35.8 Å². The third-order valence-corrected chi connectivity index (χ3v) is 3.82. The number of nitrogens with zero attached hydrogens (tertiary/aromatic N) is 1. The smallest absolute Gasteiger partial charge is 0.406 e. The van der Waals surface area contributed by atoms with Gasteiger partial charge in [0.2, 0.25) is 0 Å². The number of hydrogen-bond donors (Lipinski definition) is 0. The highest BCUT2D eigenvalue weighted by Crippen LogP contribution is 2.35. The zero-order chi connectivity index (χ0) is 21.2. The van der Waals surface area contributed by atoms with Gasteiger partial charge in [-0.3, -0.25) is 4.98 Å². The molecule has 10 heteroatoms. The van der Waals surface area contributed by atoms with Gasteiger partial charge in [-0.2, -0.15) is 0 Å². The number of pyridine rings is 1. The molecule has 0 amide bonds. The normalized spacial score (nSPS) is 12.0. The molecule has 0 saturated carbocycles. The van der Waals surface area contributed by atoms with Gasteiger partial charge in [-0.25, -0.2) is 0 Å². The van der Waals surface area contributed by atoms with Crippen LogP contribution < -0.4 is 9.47 Å². The maximum atomic E-state index is 12.3. The number of ether oxygens (including phenoxy) is 2. The summed E-state index contributed by atoms with van der Waals surface area (Å²) in [6.07, 6.45) is -8.28. The van der Waals surface area contributed by atoms with E-state index < -0.39 is 24.2 Å². The summed E-state index contributed by atoms with van der Waals surface area (Å²) in [5.74, 6) is -0.795. The summed E-state index contributed by atoms with van der Waals surface area (Å²) in [5, 5.41) is 0.274. The van der Waals surface area contributed by atoms with Crippen molar-refractivity contribution in [1.29, 1.82) is 0 Å². The number of alkyl halides is 6. The molecule has 0 atom stereocenters. The second-order valence-electron chi connectivity index (χ2n) is 5.69. The molecule has 0 aliphatic carbocycles. The molecule has 0 saturated heterocycles. The Hall–Kier alpha value is -2.94. The Morgan fingerprint density at radius 1 is 0.690 bits per heavy atom. The number of benzene rings is 2. The van der Waals surface area contributed by atoms with E-state index in [1.54, 1.807) is 6.07 Å². The molecular formula is C19H10ClF6NO2. The van der Waals surface area contributed by atoms with Crippen LogP contribution in [0.15, 0.2) is 60.8 Å². The quantitative estimate of drug-likeness (QED) is 0.421. The lowest BCUT2D eigenvalue weighted by Crippen LogP contribution is -2.17. The van der Waals surface area contributed by atoms with Crippen molar-refractivity contribution in [2.24, 2.45) is 0 Å². The van der Waals surface area contributed by atoms with Gasteiger partial charge in [0.25, 0.3) is 0 Å². The van der Waals surface area contributed by atoms with E-state index in [0.29, 0.717) is 22.4 Å². The number of rotatable bonds is 4. The lowest BCUT2D eigenvalue weighted by atomic mass is 9.99. The number of halogens is 7. The molecule has 3 rings (SSSR count). The predicted molar refractivity (Wildman–Crippen MR) is 93.5 cm³/mol. The standard InChI is InChI=1S/C19H10ClF6NO2/c20-13-9-16(11-1-5-14(6-2-11)28-18(21,22)23)17(27-10-13)12-3-7-15(8-4-12)29-19(24,25)26/h1-10H. The maximum absolute atomic E-state index is 12.3. The summed E-state index contributed by atoms with van der Waals surface area (Å²) >= 11 is 5.99. The minimum Gasteiger partial charge on any atom is -0.406 e. The average molecular weight is 434 g/mol. The van der Waals surface area contributed by atoms with Crippen LogP contribution in [0.5, 0.6) is 11.5 Å². The molecule has 152 valence electrons. The molecule has 0 spiro atoms. The van der Waals surface area contributed by atoms with Crippen molar-refractivity contribution in [1.82, 2.24) is 4.98 Å². The molecular weight excluding hydrogens is 424 g/mol. The molecule has 0 radical (unpaired) electrons. The van der Waals surface area contributed by atoms with E-state index in [9.17, 15) is 26.3 Å². The lowest BCUT2D eigenvalue weighted by Gasteiger charge is -2.13. The Morgan fingerprint density at radius 2 is 1.14 bits per heavy atom. The van der Waals surface area contributed by atoms with E-state index in [1.807, 2.05) is 0 Å². The van der Waals surface area contributed by atoms with E-state index in [4.69, 9.17) is 11.6 Å². The van der Waals surface area contributed by atoms with Crippen LogP contribution in [0.3, 0.4) is 0 Å². The van der Waals surface area contributed by atoms with Gasteiger partial charge in [0.15, 0.2) is 0 Å². The van der Waals surface area contributed by atoms with Crippen molar-refractivity contribution in [3.8, 4) is 33.9 Å². The molecule has 0 bridgehead atoms. The Balaban J connectivity index is 1.94. The molecule has 0 fully saturated rings. The van der Waals surface area contributed by atoms with Crippen LogP contribution in [0.1, 0.15) is 0 Å².